The number of rotatable bonds is 7. The minimum Gasteiger partial charge on any atom is -1.00 e. The molecule has 5 rings (SSSR count). The van der Waals surface area contributed by atoms with Gasteiger partial charge in [-0.05, 0) is 20.6 Å². The molecule has 0 spiro atoms. The van der Waals surface area contributed by atoms with Crippen molar-refractivity contribution < 1.29 is 40.2 Å². The predicted octanol–water partition coefficient (Wildman–Crippen LogP) is 0.635. The molecule has 4 N–H and O–H groups in total. The standard InChI is InChI=1S/C12H14N4O.C8H7N3O.C4H9Cl2N.Na.H/c1-2-4-10(5-3-1)11-12(15-17-14-11)16-8-6-13-7-9-16;9-8-7(10-12-11-8)6-4-2-1-3-5-6;5-1-3-7-4-2-6;;/h1-5,13H,6-9H2;1-5H,(H2,9,11);7H,1-4H2;;/q;;;+1;-1. The van der Waals surface area contributed by atoms with Gasteiger partial charge in [-0.1, -0.05) is 60.7 Å². The van der Waals surface area contributed by atoms with Crippen molar-refractivity contribution in [2.24, 2.45) is 0 Å². The van der Waals surface area contributed by atoms with Crippen molar-refractivity contribution >= 4 is 34.8 Å². The minimum absolute atomic E-state index is 0. The molecular weight excluding hydrogens is 526 g/mol. The average Bonchev–Trinajstić information content (AvgIpc) is 3.61. The van der Waals surface area contributed by atoms with Crippen molar-refractivity contribution in [2.75, 3.05) is 61.7 Å². The van der Waals surface area contributed by atoms with Gasteiger partial charge in [-0.15, -0.1) is 23.2 Å². The zero-order valence-corrected chi connectivity index (χ0v) is 24.3. The number of hydrogen-bond donors (Lipinski definition) is 3. The summed E-state index contributed by atoms with van der Waals surface area (Å²) in [5.41, 5.74) is 8.88. The van der Waals surface area contributed by atoms with E-state index in [1.807, 2.05) is 60.7 Å². The molecule has 10 nitrogen and oxygen atoms in total. The number of nitrogens with one attached hydrogen (secondary N) is 2. The van der Waals surface area contributed by atoms with Crippen molar-refractivity contribution in [3.05, 3.63) is 60.7 Å². The van der Waals surface area contributed by atoms with Gasteiger partial charge in [0.25, 0.3) is 0 Å². The first-order chi connectivity index (χ1) is 17.7. The third-order valence-corrected chi connectivity index (χ3v) is 5.42. The van der Waals surface area contributed by atoms with Crippen LogP contribution in [0.2, 0.25) is 0 Å². The maximum absolute atomic E-state index is 5.51. The first-order valence-corrected chi connectivity index (χ1v) is 12.6. The number of nitrogens with two attached hydrogens (primary N) is 1. The van der Waals surface area contributed by atoms with Crippen molar-refractivity contribution in [2.45, 2.75) is 0 Å². The van der Waals surface area contributed by atoms with Gasteiger partial charge < -0.3 is 22.7 Å². The van der Waals surface area contributed by atoms with Crippen LogP contribution in [0, 0.1) is 0 Å². The Hall–Kier alpha value is -2.18. The maximum Gasteiger partial charge on any atom is 1.00 e. The van der Waals surface area contributed by atoms with Gasteiger partial charge in [-0.25, -0.2) is 9.26 Å². The second-order valence-corrected chi connectivity index (χ2v) is 8.29. The SMILES string of the molecule is ClCCNCCCl.Nc1nonc1-c1ccccc1.[H-].[Na+].c1ccc(-c2nonc2N2CCNCC2)cc1. The minimum atomic E-state index is 0. The number of halogens is 2. The van der Waals surface area contributed by atoms with E-state index in [-0.39, 0.29) is 31.0 Å². The molecule has 0 amide bonds. The number of hydrogen-bond acceptors (Lipinski definition) is 10. The summed E-state index contributed by atoms with van der Waals surface area (Å²) in [7, 11) is 0. The monoisotopic (exact) mass is 556 g/mol. The zero-order valence-electron chi connectivity index (χ0n) is 21.8. The second kappa shape index (κ2) is 18.1. The van der Waals surface area contributed by atoms with E-state index in [4.69, 9.17) is 33.6 Å². The summed E-state index contributed by atoms with van der Waals surface area (Å²) >= 11 is 10.7. The molecule has 1 fully saturated rings. The number of aromatic nitrogens is 4. The van der Waals surface area contributed by atoms with E-state index in [9.17, 15) is 0 Å². The molecule has 37 heavy (non-hydrogen) atoms. The van der Waals surface area contributed by atoms with Crippen LogP contribution in [-0.4, -0.2) is 71.7 Å². The molecule has 0 radical (unpaired) electrons. The molecule has 2 aromatic carbocycles. The quantitative estimate of drug-likeness (QED) is 0.169. The van der Waals surface area contributed by atoms with E-state index in [1.165, 1.54) is 0 Å². The van der Waals surface area contributed by atoms with Crippen LogP contribution in [0.4, 0.5) is 11.6 Å². The summed E-state index contributed by atoms with van der Waals surface area (Å²) in [4.78, 5) is 2.20. The molecule has 1 aliphatic heterocycles. The fraction of sp³-hybridized carbons (Fsp3) is 0.333. The molecule has 0 saturated carbocycles. The van der Waals surface area contributed by atoms with Crippen LogP contribution in [0.15, 0.2) is 69.9 Å². The van der Waals surface area contributed by atoms with E-state index in [1.54, 1.807) is 0 Å². The topological polar surface area (TPSA) is 131 Å². The Morgan fingerprint density at radius 1 is 0.811 bits per heavy atom. The van der Waals surface area contributed by atoms with Gasteiger partial charge in [0.2, 0.25) is 5.82 Å². The molecule has 3 heterocycles. The Morgan fingerprint density at radius 2 is 1.32 bits per heavy atom. The van der Waals surface area contributed by atoms with Crippen molar-refractivity contribution in [1.29, 1.82) is 0 Å². The zero-order chi connectivity index (χ0) is 25.4. The molecule has 1 aliphatic rings. The third kappa shape index (κ3) is 10.2. The number of nitrogens with zero attached hydrogens (tertiary/aromatic N) is 5. The molecule has 4 aromatic rings. The summed E-state index contributed by atoms with van der Waals surface area (Å²) in [6.45, 7) is 5.53. The van der Waals surface area contributed by atoms with Gasteiger partial charge in [0.05, 0.1) is 0 Å². The van der Waals surface area contributed by atoms with Crippen LogP contribution in [-0.2, 0) is 0 Å². The summed E-state index contributed by atoms with van der Waals surface area (Å²) in [5.74, 6) is 2.49. The summed E-state index contributed by atoms with van der Waals surface area (Å²) < 4.78 is 9.37. The van der Waals surface area contributed by atoms with Crippen LogP contribution in [0.25, 0.3) is 22.5 Å². The smallest absolute Gasteiger partial charge is 1.00 e. The fourth-order valence-corrected chi connectivity index (χ4v) is 3.56. The number of anilines is 2. The molecule has 0 bridgehead atoms. The van der Waals surface area contributed by atoms with Crippen LogP contribution < -0.4 is 50.8 Å². The summed E-state index contributed by atoms with van der Waals surface area (Å²) in [6.07, 6.45) is 0. The normalized spacial score (nSPS) is 12.4. The Morgan fingerprint density at radius 3 is 1.84 bits per heavy atom. The van der Waals surface area contributed by atoms with E-state index in [0.717, 1.165) is 61.9 Å². The van der Waals surface area contributed by atoms with Crippen molar-refractivity contribution in [3.63, 3.8) is 0 Å². The maximum atomic E-state index is 5.51. The van der Waals surface area contributed by atoms with Crippen LogP contribution >= 0.6 is 23.2 Å². The molecule has 2 aromatic heterocycles. The van der Waals surface area contributed by atoms with Gasteiger partial charge in [-0.3, -0.25) is 0 Å². The van der Waals surface area contributed by atoms with E-state index < -0.39 is 0 Å². The van der Waals surface area contributed by atoms with Crippen LogP contribution in [0.3, 0.4) is 0 Å². The van der Waals surface area contributed by atoms with Gasteiger partial charge in [-0.2, -0.15) is 0 Å². The molecule has 0 aliphatic carbocycles. The predicted molar refractivity (Wildman–Crippen MR) is 144 cm³/mol. The Kier molecular flexibility index (Phi) is 15.2. The number of piperazine rings is 1. The third-order valence-electron chi connectivity index (χ3n) is 5.04. The largest absolute Gasteiger partial charge is 1.00 e. The number of alkyl halides is 2. The number of nitrogen functional groups attached to an aromatic ring is 1. The van der Waals surface area contributed by atoms with E-state index in [2.05, 4.69) is 40.8 Å². The number of benzene rings is 2. The molecule has 13 heteroatoms. The molecule has 0 atom stereocenters. The van der Waals surface area contributed by atoms with E-state index >= 15 is 0 Å². The van der Waals surface area contributed by atoms with Crippen LogP contribution in [0.5, 0.6) is 0 Å². The molecule has 1 saturated heterocycles. The molecule has 0 unspecified atom stereocenters. The Labute approximate surface area is 250 Å². The van der Waals surface area contributed by atoms with Gasteiger partial charge in [0, 0.05) is 62.2 Å². The Balaban J connectivity index is 0.000000304. The first-order valence-electron chi connectivity index (χ1n) is 11.5. The fourth-order valence-electron chi connectivity index (χ4n) is 3.30. The summed E-state index contributed by atoms with van der Waals surface area (Å²) in [5, 5.41) is 21.5. The Bertz CT molecular complexity index is 1110. The summed E-state index contributed by atoms with van der Waals surface area (Å²) in [6, 6.07) is 19.5. The molecule has 194 valence electrons. The van der Waals surface area contributed by atoms with Gasteiger partial charge >= 0.3 is 29.6 Å². The van der Waals surface area contributed by atoms with Crippen molar-refractivity contribution in [1.82, 2.24) is 31.3 Å². The van der Waals surface area contributed by atoms with Crippen LogP contribution in [0.1, 0.15) is 1.43 Å². The molecular formula is C24H31Cl2N8NaO2. The first kappa shape index (κ1) is 31.0. The van der Waals surface area contributed by atoms with E-state index in [0.29, 0.717) is 23.3 Å². The van der Waals surface area contributed by atoms with Gasteiger partial charge in [0.1, 0.15) is 0 Å². The average molecular weight is 557 g/mol. The van der Waals surface area contributed by atoms with Gasteiger partial charge in [0.15, 0.2) is 17.2 Å². The second-order valence-electron chi connectivity index (χ2n) is 7.53. The van der Waals surface area contributed by atoms with Crippen molar-refractivity contribution in [3.8, 4) is 22.5 Å².